The zero-order chi connectivity index (χ0) is 14.0. The van der Waals surface area contributed by atoms with E-state index in [1.54, 1.807) is 10.7 Å². The predicted molar refractivity (Wildman–Crippen MR) is 71.3 cm³/mol. The van der Waals surface area contributed by atoms with E-state index in [1.807, 2.05) is 27.1 Å². The maximum atomic E-state index is 13.7. The second-order valence-corrected chi connectivity index (χ2v) is 4.72. The van der Waals surface area contributed by atoms with Crippen molar-refractivity contribution in [2.45, 2.75) is 26.4 Å². The van der Waals surface area contributed by atoms with Crippen molar-refractivity contribution in [3.05, 3.63) is 47.0 Å². The zero-order valence-corrected chi connectivity index (χ0v) is 11.3. The second-order valence-electron chi connectivity index (χ2n) is 4.72. The third-order valence-corrected chi connectivity index (χ3v) is 3.16. The summed E-state index contributed by atoms with van der Waals surface area (Å²) in [5.74, 6) is -0.459. The van der Waals surface area contributed by atoms with Crippen molar-refractivity contribution in [2.75, 3.05) is 0 Å². The van der Waals surface area contributed by atoms with E-state index >= 15 is 0 Å². The van der Waals surface area contributed by atoms with Crippen molar-refractivity contribution in [3.63, 3.8) is 0 Å². The van der Waals surface area contributed by atoms with Gasteiger partial charge < -0.3 is 10.4 Å². The summed E-state index contributed by atoms with van der Waals surface area (Å²) in [4.78, 5) is 0. The minimum Gasteiger partial charge on any atom is -0.508 e. The van der Waals surface area contributed by atoms with Gasteiger partial charge in [0.05, 0.1) is 5.69 Å². The Balaban J connectivity index is 2.05. The van der Waals surface area contributed by atoms with Gasteiger partial charge in [-0.25, -0.2) is 4.39 Å². The molecule has 0 aliphatic carbocycles. The van der Waals surface area contributed by atoms with Crippen LogP contribution in [0, 0.1) is 12.7 Å². The number of aromatic hydroxyl groups is 1. The number of hydrogen-bond donors (Lipinski definition) is 2. The molecule has 2 N–H and O–H groups in total. The molecule has 0 radical (unpaired) electrons. The summed E-state index contributed by atoms with van der Waals surface area (Å²) in [6.45, 7) is 4.46. The van der Waals surface area contributed by atoms with Gasteiger partial charge in [0.15, 0.2) is 0 Å². The lowest BCUT2D eigenvalue weighted by molar-refractivity contribution is 0.463. The molecule has 0 bridgehead atoms. The first-order valence-electron chi connectivity index (χ1n) is 6.18. The Hall–Kier alpha value is -1.88. The Kier molecular flexibility index (Phi) is 3.85. The van der Waals surface area contributed by atoms with Crippen LogP contribution in [0.5, 0.6) is 5.75 Å². The highest BCUT2D eigenvalue weighted by Gasteiger charge is 2.12. The molecule has 2 aromatic rings. The minimum absolute atomic E-state index is 0.0587. The molecule has 1 unspecified atom stereocenters. The van der Waals surface area contributed by atoms with Gasteiger partial charge in [-0.2, -0.15) is 5.10 Å². The lowest BCUT2D eigenvalue weighted by atomic mass is 10.1. The summed E-state index contributed by atoms with van der Waals surface area (Å²) in [5, 5.41) is 16.7. The maximum Gasteiger partial charge on any atom is 0.131 e. The molecule has 19 heavy (non-hydrogen) atoms. The number of phenols is 1. The molecular weight excluding hydrogens is 245 g/mol. The van der Waals surface area contributed by atoms with Crippen LogP contribution in [0.3, 0.4) is 0 Å². The number of halogens is 1. The molecule has 0 aliphatic heterocycles. The molecule has 0 saturated heterocycles. The van der Waals surface area contributed by atoms with Crippen molar-refractivity contribution < 1.29 is 9.50 Å². The van der Waals surface area contributed by atoms with Crippen molar-refractivity contribution in [1.29, 1.82) is 0 Å². The minimum atomic E-state index is -0.400. The zero-order valence-electron chi connectivity index (χ0n) is 11.3. The highest BCUT2D eigenvalue weighted by molar-refractivity contribution is 5.29. The summed E-state index contributed by atoms with van der Waals surface area (Å²) in [6, 6.07) is 4.08. The second kappa shape index (κ2) is 5.40. The fourth-order valence-corrected chi connectivity index (χ4v) is 2.06. The monoisotopic (exact) mass is 263 g/mol. The van der Waals surface area contributed by atoms with E-state index in [0.717, 1.165) is 17.3 Å². The third-order valence-electron chi connectivity index (χ3n) is 3.16. The predicted octanol–water partition coefficient (Wildman–Crippen LogP) is 2.42. The van der Waals surface area contributed by atoms with Gasteiger partial charge in [0, 0.05) is 43.0 Å². The Labute approximate surface area is 111 Å². The molecule has 0 amide bonds. The van der Waals surface area contributed by atoms with Crippen molar-refractivity contribution in [2.24, 2.45) is 7.05 Å². The van der Waals surface area contributed by atoms with Crippen LogP contribution in [0.1, 0.15) is 29.8 Å². The first-order chi connectivity index (χ1) is 8.97. The summed E-state index contributed by atoms with van der Waals surface area (Å²) in [7, 11) is 1.87. The van der Waals surface area contributed by atoms with Gasteiger partial charge in [-0.05, 0) is 19.9 Å². The average molecular weight is 263 g/mol. The van der Waals surface area contributed by atoms with Gasteiger partial charge >= 0.3 is 0 Å². The molecule has 1 atom stereocenters. The Morgan fingerprint density at radius 1 is 1.47 bits per heavy atom. The van der Waals surface area contributed by atoms with Gasteiger partial charge in [0.1, 0.15) is 11.6 Å². The molecule has 1 aromatic heterocycles. The molecule has 4 nitrogen and oxygen atoms in total. The van der Waals surface area contributed by atoms with Crippen LogP contribution < -0.4 is 5.32 Å². The molecule has 1 aromatic carbocycles. The highest BCUT2D eigenvalue weighted by atomic mass is 19.1. The molecule has 0 fully saturated rings. The van der Waals surface area contributed by atoms with E-state index < -0.39 is 5.82 Å². The highest BCUT2D eigenvalue weighted by Crippen LogP contribution is 2.21. The number of benzene rings is 1. The van der Waals surface area contributed by atoms with E-state index in [0.29, 0.717) is 12.1 Å². The largest absolute Gasteiger partial charge is 0.508 e. The molecule has 1 heterocycles. The molecule has 0 saturated carbocycles. The van der Waals surface area contributed by atoms with Gasteiger partial charge in [-0.3, -0.25) is 4.68 Å². The normalized spacial score (nSPS) is 12.6. The summed E-state index contributed by atoms with van der Waals surface area (Å²) < 4.78 is 15.5. The quantitative estimate of drug-likeness (QED) is 0.890. The number of rotatable bonds is 4. The van der Waals surface area contributed by atoms with Crippen LogP contribution in [0.15, 0.2) is 24.4 Å². The van der Waals surface area contributed by atoms with Crippen LogP contribution in [-0.4, -0.2) is 14.9 Å². The van der Waals surface area contributed by atoms with Gasteiger partial charge in [0.2, 0.25) is 0 Å². The summed E-state index contributed by atoms with van der Waals surface area (Å²) in [5.41, 5.74) is 2.60. The number of phenolic OH excluding ortho intramolecular Hbond substituents is 1. The average Bonchev–Trinajstić information content (AvgIpc) is 2.65. The molecular formula is C14H18FN3O. The molecule has 0 aliphatic rings. The van der Waals surface area contributed by atoms with Gasteiger partial charge in [-0.15, -0.1) is 0 Å². The van der Waals surface area contributed by atoms with Crippen molar-refractivity contribution >= 4 is 0 Å². The van der Waals surface area contributed by atoms with E-state index in [-0.39, 0.29) is 11.8 Å². The number of nitrogens with one attached hydrogen (secondary N) is 1. The first-order valence-corrected chi connectivity index (χ1v) is 6.18. The number of aromatic nitrogens is 2. The third kappa shape index (κ3) is 3.12. The number of aryl methyl sites for hydroxylation is 2. The van der Waals surface area contributed by atoms with E-state index in [1.165, 1.54) is 6.07 Å². The molecule has 5 heteroatoms. The van der Waals surface area contributed by atoms with E-state index in [9.17, 15) is 9.50 Å². The Morgan fingerprint density at radius 2 is 2.21 bits per heavy atom. The fourth-order valence-electron chi connectivity index (χ4n) is 2.06. The van der Waals surface area contributed by atoms with E-state index in [2.05, 4.69) is 10.4 Å². The molecule has 102 valence electrons. The SMILES string of the molecule is Cc1nn(C)cc1CNC(C)c1ccc(O)cc1F. The van der Waals surface area contributed by atoms with Crippen LogP contribution in [-0.2, 0) is 13.6 Å². The van der Waals surface area contributed by atoms with Crippen LogP contribution in [0.4, 0.5) is 4.39 Å². The Bertz CT molecular complexity index is 580. The lowest BCUT2D eigenvalue weighted by Gasteiger charge is -2.15. The summed E-state index contributed by atoms with van der Waals surface area (Å²) >= 11 is 0. The number of nitrogens with zero attached hydrogens (tertiary/aromatic N) is 2. The standard InChI is InChI=1S/C14H18FN3O/c1-9-11(8-18(3)17-9)7-16-10(2)13-5-4-12(19)6-14(13)15/h4-6,8,10,16,19H,7H2,1-3H3. The first kappa shape index (κ1) is 13.5. The van der Waals surface area contributed by atoms with Gasteiger partial charge in [0.25, 0.3) is 0 Å². The van der Waals surface area contributed by atoms with Gasteiger partial charge in [-0.1, -0.05) is 6.07 Å². The Morgan fingerprint density at radius 3 is 2.79 bits per heavy atom. The lowest BCUT2D eigenvalue weighted by Crippen LogP contribution is -2.19. The van der Waals surface area contributed by atoms with Crippen LogP contribution in [0.2, 0.25) is 0 Å². The fraction of sp³-hybridized carbons (Fsp3) is 0.357. The molecule has 0 spiro atoms. The van der Waals surface area contributed by atoms with Crippen LogP contribution in [0.25, 0.3) is 0 Å². The topological polar surface area (TPSA) is 50.1 Å². The van der Waals surface area contributed by atoms with E-state index in [4.69, 9.17) is 0 Å². The van der Waals surface area contributed by atoms with Crippen molar-refractivity contribution in [3.8, 4) is 5.75 Å². The maximum absolute atomic E-state index is 13.7. The smallest absolute Gasteiger partial charge is 0.131 e. The van der Waals surface area contributed by atoms with Crippen LogP contribution >= 0.6 is 0 Å². The van der Waals surface area contributed by atoms with Crippen molar-refractivity contribution in [1.82, 2.24) is 15.1 Å². The summed E-state index contributed by atoms with van der Waals surface area (Å²) in [6.07, 6.45) is 1.95. The molecule has 2 rings (SSSR count). The number of hydrogen-bond acceptors (Lipinski definition) is 3.